The first-order chi connectivity index (χ1) is 29.6. The predicted molar refractivity (Wildman–Crippen MR) is 254 cm³/mol. The minimum absolute atomic E-state index is 0.0245. The number of nitrogens with zero attached hydrogens (tertiary/aromatic N) is 1. The number of hydrogen-bond acceptors (Lipinski definition) is 7. The third kappa shape index (κ3) is 41.9. The van der Waals surface area contributed by atoms with Crippen molar-refractivity contribution < 1.29 is 38.2 Å². The molecule has 0 saturated carbocycles. The first kappa shape index (κ1) is 57.8. The molecule has 2 unspecified atom stereocenters. The summed E-state index contributed by atoms with van der Waals surface area (Å²) in [4.78, 5) is 37.0. The molecule has 8 heteroatoms. The minimum atomic E-state index is -1.13. The second-order valence-corrected chi connectivity index (χ2v) is 17.5. The molecule has 350 valence electrons. The lowest BCUT2D eigenvalue weighted by atomic mass is 10.0. The van der Waals surface area contributed by atoms with Crippen molar-refractivity contribution >= 4 is 17.9 Å². The Morgan fingerprint density at radius 1 is 0.508 bits per heavy atom. The molecule has 0 aromatic heterocycles. The molecular weight excluding hydrogens is 763 g/mol. The lowest BCUT2D eigenvalue weighted by Crippen LogP contribution is -2.55. The largest absolute Gasteiger partial charge is 0.544 e. The highest BCUT2D eigenvalue weighted by atomic mass is 16.6. The average molecular weight is 854 g/mol. The van der Waals surface area contributed by atoms with Crippen LogP contribution in [0.1, 0.15) is 194 Å². The van der Waals surface area contributed by atoms with Crippen LogP contribution in [0.25, 0.3) is 0 Å². The highest BCUT2D eigenvalue weighted by Crippen LogP contribution is 2.16. The Balaban J connectivity index is 4.34. The van der Waals surface area contributed by atoms with Gasteiger partial charge in [0.15, 0.2) is 6.10 Å². The summed E-state index contributed by atoms with van der Waals surface area (Å²) in [5, 5.41) is 11.7. The van der Waals surface area contributed by atoms with Gasteiger partial charge < -0.3 is 28.6 Å². The topological polar surface area (TPSA) is 102 Å². The Kier molecular flexibility index (Phi) is 41.1. The number of unbranched alkanes of at least 4 members (excludes halogenated alkanes) is 22. The van der Waals surface area contributed by atoms with E-state index in [-0.39, 0.29) is 42.7 Å². The van der Waals surface area contributed by atoms with Gasteiger partial charge >= 0.3 is 11.9 Å². The molecule has 0 aliphatic carbocycles. The molecule has 0 radical (unpaired) electrons. The number of likely N-dealkylation sites (N-methyl/N-ethyl adjacent to an activating group) is 1. The number of quaternary nitrogens is 1. The Labute approximate surface area is 374 Å². The highest BCUT2D eigenvalue weighted by molar-refractivity contribution is 5.70. The molecule has 2 atom stereocenters. The third-order valence-corrected chi connectivity index (χ3v) is 10.8. The van der Waals surface area contributed by atoms with Crippen molar-refractivity contribution in [2.45, 2.75) is 206 Å². The Hall–Kier alpha value is -3.23. The number of ether oxygens (including phenoxy) is 3. The second kappa shape index (κ2) is 43.4. The summed E-state index contributed by atoms with van der Waals surface area (Å²) in [6, 6.07) is -0.735. The highest BCUT2D eigenvalue weighted by Gasteiger charge is 2.25. The van der Waals surface area contributed by atoms with Gasteiger partial charge in [-0.1, -0.05) is 215 Å². The minimum Gasteiger partial charge on any atom is -0.544 e. The molecule has 0 heterocycles. The monoisotopic (exact) mass is 854 g/mol. The molecule has 0 amide bonds. The van der Waals surface area contributed by atoms with Crippen LogP contribution in [0.5, 0.6) is 0 Å². The van der Waals surface area contributed by atoms with Crippen LogP contribution in [0.2, 0.25) is 0 Å². The lowest BCUT2D eigenvalue weighted by Gasteiger charge is -2.34. The maximum absolute atomic E-state index is 12.8. The van der Waals surface area contributed by atoms with Crippen molar-refractivity contribution in [3.05, 3.63) is 72.9 Å². The number of hydrogen-bond donors (Lipinski definition) is 0. The molecule has 0 aliphatic heterocycles. The van der Waals surface area contributed by atoms with Gasteiger partial charge in [0.25, 0.3) is 0 Å². The predicted octanol–water partition coefficient (Wildman–Crippen LogP) is 12.6. The molecule has 0 fully saturated rings. The van der Waals surface area contributed by atoms with E-state index in [4.69, 9.17) is 14.2 Å². The average Bonchev–Trinajstić information content (AvgIpc) is 3.22. The number of carbonyl (C=O) groups excluding carboxylic acids is 3. The normalized spacial score (nSPS) is 13.5. The molecule has 0 aromatic carbocycles. The second-order valence-electron chi connectivity index (χ2n) is 17.5. The summed E-state index contributed by atoms with van der Waals surface area (Å²) in [6.45, 7) is 4.48. The molecule has 61 heavy (non-hydrogen) atoms. The van der Waals surface area contributed by atoms with E-state index in [1.54, 1.807) is 21.1 Å². The lowest BCUT2D eigenvalue weighted by molar-refractivity contribution is -0.889. The Bertz CT molecular complexity index is 1230. The van der Waals surface area contributed by atoms with Crippen molar-refractivity contribution in [3.63, 3.8) is 0 Å². The van der Waals surface area contributed by atoms with Crippen LogP contribution in [0.15, 0.2) is 72.9 Å². The first-order valence-electron chi connectivity index (χ1n) is 24.5. The van der Waals surface area contributed by atoms with E-state index in [0.717, 1.165) is 51.4 Å². The van der Waals surface area contributed by atoms with Crippen LogP contribution in [0, 0.1) is 0 Å². The van der Waals surface area contributed by atoms with E-state index in [9.17, 15) is 19.5 Å². The standard InChI is InChI=1S/C53H91NO7/c1-6-8-10-12-14-16-18-20-22-24-25-26-28-30-32-34-36-38-40-42-44-52(56)61-49(47-59-46-45-50(53(57)58)54(3,4)5)48-60-51(55)43-41-39-37-35-33-31-29-27-23-21-19-17-15-13-11-9-7-2/h9,11,13,15,17,19,21,23,27,29,31,33,49-50H,6-8,10,12,14,16,18,20,22,24-26,28,30,32,34-48H2,1-5H3/b11-9+,15-13+,19-17+,23-21+,29-27+,33-31+. The van der Waals surface area contributed by atoms with Crippen LogP contribution in [0.3, 0.4) is 0 Å². The van der Waals surface area contributed by atoms with Crippen molar-refractivity contribution in [3.8, 4) is 0 Å². The van der Waals surface area contributed by atoms with Crippen LogP contribution in [-0.2, 0) is 28.6 Å². The van der Waals surface area contributed by atoms with Gasteiger partial charge in [-0.3, -0.25) is 9.59 Å². The maximum Gasteiger partial charge on any atom is 0.306 e. The zero-order valence-electron chi connectivity index (χ0n) is 39.8. The summed E-state index contributed by atoms with van der Waals surface area (Å²) in [6.07, 6.45) is 55.0. The van der Waals surface area contributed by atoms with Crippen molar-refractivity contribution in [2.24, 2.45) is 0 Å². The van der Waals surface area contributed by atoms with Gasteiger partial charge in [-0.2, -0.15) is 0 Å². The van der Waals surface area contributed by atoms with E-state index in [1.165, 1.54) is 109 Å². The number of carbonyl (C=O) groups is 3. The van der Waals surface area contributed by atoms with E-state index >= 15 is 0 Å². The molecule has 8 nitrogen and oxygen atoms in total. The SMILES string of the molecule is CC/C=C/C=C/C=C/C=C/C=C/C=C/CCCCCC(=O)OCC(COCCC(C(=O)[O-])[N+](C)(C)C)OC(=O)CCCCCCCCCCCCCCCCCCCCCC. The van der Waals surface area contributed by atoms with E-state index in [1.807, 2.05) is 60.8 Å². The van der Waals surface area contributed by atoms with Gasteiger partial charge in [-0.25, -0.2) is 0 Å². The Morgan fingerprint density at radius 3 is 1.36 bits per heavy atom. The van der Waals surface area contributed by atoms with Crippen LogP contribution in [-0.4, -0.2) is 75.5 Å². The smallest absolute Gasteiger partial charge is 0.306 e. The molecule has 0 bridgehead atoms. The fourth-order valence-electron chi connectivity index (χ4n) is 6.99. The van der Waals surface area contributed by atoms with Gasteiger partial charge in [-0.15, -0.1) is 0 Å². The van der Waals surface area contributed by atoms with Gasteiger partial charge in [0.1, 0.15) is 12.6 Å². The maximum atomic E-state index is 12.8. The molecule has 0 saturated heterocycles. The molecule has 0 rings (SSSR count). The zero-order valence-corrected chi connectivity index (χ0v) is 39.8. The van der Waals surface area contributed by atoms with Crippen molar-refractivity contribution in [1.29, 1.82) is 0 Å². The molecule has 0 spiro atoms. The van der Waals surface area contributed by atoms with Gasteiger partial charge in [0.2, 0.25) is 0 Å². The number of rotatable bonds is 43. The zero-order chi connectivity index (χ0) is 44.9. The van der Waals surface area contributed by atoms with Gasteiger partial charge in [0, 0.05) is 19.3 Å². The summed E-state index contributed by atoms with van der Waals surface area (Å²) in [5.74, 6) is -1.79. The van der Waals surface area contributed by atoms with E-state index in [2.05, 4.69) is 26.0 Å². The molecular formula is C53H91NO7. The number of esters is 2. The quantitative estimate of drug-likeness (QED) is 0.0260. The van der Waals surface area contributed by atoms with Gasteiger partial charge in [0.05, 0.1) is 40.3 Å². The van der Waals surface area contributed by atoms with Crippen molar-refractivity contribution in [2.75, 3.05) is 41.0 Å². The first-order valence-corrected chi connectivity index (χ1v) is 24.5. The van der Waals surface area contributed by atoms with Crippen LogP contribution < -0.4 is 5.11 Å². The molecule has 0 N–H and O–H groups in total. The number of aliphatic carboxylic acids is 1. The van der Waals surface area contributed by atoms with E-state index in [0.29, 0.717) is 12.8 Å². The molecule has 0 aliphatic rings. The Morgan fingerprint density at radius 2 is 0.918 bits per heavy atom. The number of carboxylic acid groups (broad SMARTS) is 1. The van der Waals surface area contributed by atoms with Crippen molar-refractivity contribution in [1.82, 2.24) is 0 Å². The summed E-state index contributed by atoms with van der Waals surface area (Å²) < 4.78 is 17.2. The third-order valence-electron chi connectivity index (χ3n) is 10.8. The van der Waals surface area contributed by atoms with Gasteiger partial charge in [-0.05, 0) is 32.1 Å². The fraction of sp³-hybridized carbons (Fsp3) is 0.717. The summed E-state index contributed by atoms with van der Waals surface area (Å²) in [7, 11) is 5.39. The molecule has 0 aromatic rings. The van der Waals surface area contributed by atoms with E-state index < -0.39 is 18.1 Å². The summed E-state index contributed by atoms with van der Waals surface area (Å²) >= 11 is 0. The van der Waals surface area contributed by atoms with Crippen LogP contribution >= 0.6 is 0 Å². The fourth-order valence-corrected chi connectivity index (χ4v) is 6.99. The number of allylic oxidation sites excluding steroid dienone is 12. The summed E-state index contributed by atoms with van der Waals surface area (Å²) in [5.41, 5.74) is 0. The van der Waals surface area contributed by atoms with Crippen LogP contribution in [0.4, 0.5) is 0 Å². The number of carboxylic acids is 1.